The molecule has 2 aromatic rings. The van der Waals surface area contributed by atoms with E-state index < -0.39 is 4.92 Å². The fourth-order valence-electron chi connectivity index (χ4n) is 2.33. The Labute approximate surface area is 113 Å². The second-order valence-electron chi connectivity index (χ2n) is 4.66. The molecule has 0 radical (unpaired) electrons. The minimum absolute atomic E-state index is 0.108. The van der Waals surface area contributed by atoms with Gasteiger partial charge < -0.3 is 10.3 Å². The van der Waals surface area contributed by atoms with Crippen LogP contribution in [0.15, 0.2) is 35.4 Å². The zero-order valence-electron chi connectivity index (χ0n) is 10.5. The van der Waals surface area contributed by atoms with Crippen molar-refractivity contribution in [3.63, 3.8) is 0 Å². The van der Waals surface area contributed by atoms with Crippen LogP contribution in [0.5, 0.6) is 0 Å². The van der Waals surface area contributed by atoms with Crippen LogP contribution in [0.25, 0.3) is 10.9 Å². The van der Waals surface area contributed by atoms with Crippen molar-refractivity contribution in [3.8, 4) is 0 Å². The van der Waals surface area contributed by atoms with Crippen LogP contribution >= 0.6 is 0 Å². The van der Waals surface area contributed by atoms with E-state index in [9.17, 15) is 14.9 Å². The molecule has 3 rings (SSSR count). The second-order valence-corrected chi connectivity index (χ2v) is 4.66. The van der Waals surface area contributed by atoms with Gasteiger partial charge in [0.25, 0.3) is 11.2 Å². The van der Waals surface area contributed by atoms with Crippen molar-refractivity contribution in [2.75, 3.05) is 5.32 Å². The first kappa shape index (κ1) is 12.3. The number of nitrogens with one attached hydrogen (secondary N) is 2. The van der Waals surface area contributed by atoms with E-state index in [0.717, 1.165) is 12.8 Å². The van der Waals surface area contributed by atoms with Gasteiger partial charge in [-0.3, -0.25) is 14.9 Å². The van der Waals surface area contributed by atoms with Crippen LogP contribution in [0, 0.1) is 10.1 Å². The topological polar surface area (TPSA) is 101 Å². The number of aromatic amines is 1. The van der Waals surface area contributed by atoms with Crippen LogP contribution in [0.1, 0.15) is 12.8 Å². The van der Waals surface area contributed by atoms with E-state index in [1.807, 2.05) is 12.2 Å². The molecule has 1 aliphatic carbocycles. The maximum Gasteiger partial charge on any atom is 0.293 e. The van der Waals surface area contributed by atoms with Gasteiger partial charge in [-0.05, 0) is 18.9 Å². The number of nitrogens with zero attached hydrogens (tertiary/aromatic N) is 2. The van der Waals surface area contributed by atoms with Gasteiger partial charge in [-0.25, -0.2) is 4.98 Å². The number of aromatic nitrogens is 2. The fraction of sp³-hybridized carbons (Fsp3) is 0.231. The summed E-state index contributed by atoms with van der Waals surface area (Å²) in [4.78, 5) is 28.8. The van der Waals surface area contributed by atoms with Gasteiger partial charge in [-0.2, -0.15) is 0 Å². The van der Waals surface area contributed by atoms with E-state index in [1.165, 1.54) is 12.4 Å². The number of nitro benzene ring substituents is 1. The molecule has 0 fully saturated rings. The summed E-state index contributed by atoms with van der Waals surface area (Å²) < 4.78 is 0. The zero-order valence-corrected chi connectivity index (χ0v) is 10.5. The van der Waals surface area contributed by atoms with Crippen molar-refractivity contribution in [2.24, 2.45) is 0 Å². The molecular weight excluding hydrogens is 260 g/mol. The Morgan fingerprint density at radius 3 is 2.80 bits per heavy atom. The van der Waals surface area contributed by atoms with Gasteiger partial charge in [0.05, 0.1) is 22.2 Å². The Morgan fingerprint density at radius 1 is 1.35 bits per heavy atom. The number of nitro groups is 1. The lowest BCUT2D eigenvalue weighted by Gasteiger charge is -2.14. The van der Waals surface area contributed by atoms with Crippen LogP contribution in [0.3, 0.4) is 0 Å². The molecule has 7 nitrogen and oxygen atoms in total. The molecule has 0 saturated heterocycles. The number of fused-ring (bicyclic) bond motifs is 1. The quantitative estimate of drug-likeness (QED) is 0.505. The third kappa shape index (κ3) is 2.13. The highest BCUT2D eigenvalue weighted by atomic mass is 16.6. The molecule has 0 aliphatic heterocycles. The molecule has 102 valence electrons. The smallest absolute Gasteiger partial charge is 0.293 e. The molecule has 1 aromatic carbocycles. The summed E-state index contributed by atoms with van der Waals surface area (Å²) in [6.45, 7) is 0. The summed E-state index contributed by atoms with van der Waals surface area (Å²) >= 11 is 0. The Balaban J connectivity index is 2.11. The fourth-order valence-corrected chi connectivity index (χ4v) is 2.33. The van der Waals surface area contributed by atoms with Crippen molar-refractivity contribution >= 4 is 22.3 Å². The van der Waals surface area contributed by atoms with Crippen LogP contribution < -0.4 is 10.9 Å². The van der Waals surface area contributed by atoms with Crippen molar-refractivity contribution in [1.82, 2.24) is 9.97 Å². The number of anilines is 1. The predicted octanol–water partition coefficient (Wildman–Crippen LogP) is 1.96. The molecule has 1 aromatic heterocycles. The third-order valence-corrected chi connectivity index (χ3v) is 3.32. The lowest BCUT2D eigenvalue weighted by molar-refractivity contribution is -0.383. The molecule has 1 aliphatic rings. The SMILES string of the molecule is O=c1[nH]cnc2cc(NC3CC=CC3)c([N+](=O)[O-])cc12. The van der Waals surface area contributed by atoms with Crippen LogP contribution in [-0.4, -0.2) is 20.9 Å². The van der Waals surface area contributed by atoms with Gasteiger partial charge in [0, 0.05) is 12.1 Å². The molecule has 20 heavy (non-hydrogen) atoms. The van der Waals surface area contributed by atoms with Gasteiger partial charge in [0.15, 0.2) is 0 Å². The van der Waals surface area contributed by atoms with Gasteiger partial charge in [-0.1, -0.05) is 12.2 Å². The lowest BCUT2D eigenvalue weighted by Crippen LogP contribution is -2.16. The molecule has 7 heteroatoms. The monoisotopic (exact) mass is 272 g/mol. The number of benzene rings is 1. The van der Waals surface area contributed by atoms with Crippen molar-refractivity contribution in [2.45, 2.75) is 18.9 Å². The summed E-state index contributed by atoms with van der Waals surface area (Å²) in [6, 6.07) is 2.97. The average molecular weight is 272 g/mol. The summed E-state index contributed by atoms with van der Waals surface area (Å²) in [5.74, 6) is 0. The Kier molecular flexibility index (Phi) is 2.94. The average Bonchev–Trinajstić information content (AvgIpc) is 2.91. The first-order valence-electron chi connectivity index (χ1n) is 6.22. The molecule has 0 spiro atoms. The van der Waals surface area contributed by atoms with Crippen molar-refractivity contribution in [3.05, 3.63) is 51.1 Å². The highest BCUT2D eigenvalue weighted by molar-refractivity contribution is 5.86. The molecule has 0 unspecified atom stereocenters. The minimum atomic E-state index is -0.489. The first-order valence-corrected chi connectivity index (χ1v) is 6.22. The standard InChI is InChI=1S/C13H12N4O3/c18-13-9-5-12(17(19)20)11(6-10(9)14-7-15-13)16-8-3-1-2-4-8/h1-2,5-8,16H,3-4H2,(H,14,15,18). The van der Waals surface area contributed by atoms with Crippen molar-refractivity contribution < 1.29 is 4.92 Å². The van der Waals surface area contributed by atoms with Crippen molar-refractivity contribution in [1.29, 1.82) is 0 Å². The van der Waals surface area contributed by atoms with Crippen LogP contribution in [0.2, 0.25) is 0 Å². The van der Waals surface area contributed by atoms with Crippen LogP contribution in [-0.2, 0) is 0 Å². The molecule has 0 bridgehead atoms. The first-order chi connectivity index (χ1) is 9.65. The largest absolute Gasteiger partial charge is 0.376 e. The maximum atomic E-state index is 11.7. The summed E-state index contributed by atoms with van der Waals surface area (Å²) in [7, 11) is 0. The van der Waals surface area contributed by atoms with Crippen LogP contribution in [0.4, 0.5) is 11.4 Å². The number of hydrogen-bond acceptors (Lipinski definition) is 5. The molecule has 2 N–H and O–H groups in total. The number of hydrogen-bond donors (Lipinski definition) is 2. The number of rotatable bonds is 3. The Hall–Kier alpha value is -2.70. The highest BCUT2D eigenvalue weighted by Crippen LogP contribution is 2.30. The molecule has 0 amide bonds. The minimum Gasteiger partial charge on any atom is -0.376 e. The summed E-state index contributed by atoms with van der Waals surface area (Å²) in [5.41, 5.74) is 0.345. The second kappa shape index (κ2) is 4.76. The van der Waals surface area contributed by atoms with E-state index in [2.05, 4.69) is 15.3 Å². The van der Waals surface area contributed by atoms with E-state index in [-0.39, 0.29) is 22.7 Å². The van der Waals surface area contributed by atoms with E-state index in [0.29, 0.717) is 11.2 Å². The molecule has 1 heterocycles. The molecule has 0 atom stereocenters. The normalized spacial score (nSPS) is 14.8. The Morgan fingerprint density at radius 2 is 2.10 bits per heavy atom. The van der Waals surface area contributed by atoms with E-state index in [1.54, 1.807) is 6.07 Å². The predicted molar refractivity (Wildman–Crippen MR) is 74.8 cm³/mol. The van der Waals surface area contributed by atoms with E-state index in [4.69, 9.17) is 0 Å². The summed E-state index contributed by atoms with van der Waals surface area (Å²) in [5, 5.41) is 14.5. The zero-order chi connectivity index (χ0) is 14.1. The lowest BCUT2D eigenvalue weighted by atomic mass is 10.1. The van der Waals surface area contributed by atoms with E-state index >= 15 is 0 Å². The Bertz CT molecular complexity index is 758. The third-order valence-electron chi connectivity index (χ3n) is 3.32. The molecular formula is C13H12N4O3. The van der Waals surface area contributed by atoms with Gasteiger partial charge in [0.1, 0.15) is 5.69 Å². The highest BCUT2D eigenvalue weighted by Gasteiger charge is 2.20. The number of H-pyrrole nitrogens is 1. The maximum absolute atomic E-state index is 11.7. The van der Waals surface area contributed by atoms with Gasteiger partial charge in [-0.15, -0.1) is 0 Å². The molecule has 0 saturated carbocycles. The summed E-state index contributed by atoms with van der Waals surface area (Å²) in [6.07, 6.45) is 7.02. The van der Waals surface area contributed by atoms with Gasteiger partial charge in [0.2, 0.25) is 0 Å². The van der Waals surface area contributed by atoms with Gasteiger partial charge >= 0.3 is 0 Å².